The van der Waals surface area contributed by atoms with Gasteiger partial charge in [0, 0.05) is 23.7 Å². The summed E-state index contributed by atoms with van der Waals surface area (Å²) >= 11 is 11.9. The van der Waals surface area contributed by atoms with Gasteiger partial charge in [0.1, 0.15) is 5.69 Å². The number of esters is 1. The van der Waals surface area contributed by atoms with E-state index in [4.69, 9.17) is 27.9 Å². The van der Waals surface area contributed by atoms with Crippen molar-refractivity contribution < 1.29 is 14.3 Å². The Morgan fingerprint density at radius 3 is 2.26 bits per heavy atom. The van der Waals surface area contributed by atoms with Gasteiger partial charge in [-0.1, -0.05) is 71.2 Å². The second-order valence-corrected chi connectivity index (χ2v) is 8.98. The zero-order valence-corrected chi connectivity index (χ0v) is 20.8. The van der Waals surface area contributed by atoms with E-state index in [1.54, 1.807) is 30.3 Å². The topological polar surface area (TPSA) is 77.4 Å². The van der Waals surface area contributed by atoms with E-state index in [1.807, 2.05) is 37.3 Å². The summed E-state index contributed by atoms with van der Waals surface area (Å²) in [7, 11) is 1.52. The van der Waals surface area contributed by atoms with Crippen LogP contribution in [0.3, 0.4) is 0 Å². The van der Waals surface area contributed by atoms with Gasteiger partial charge in [0.05, 0.1) is 10.0 Å². The molecule has 0 bridgehead atoms. The molecule has 4 rings (SSSR count). The largest absolute Gasteiger partial charge is 0.448 e. The van der Waals surface area contributed by atoms with Crippen LogP contribution >= 0.6 is 23.2 Å². The average molecular weight is 509 g/mol. The van der Waals surface area contributed by atoms with Gasteiger partial charge >= 0.3 is 5.97 Å². The third-order valence-corrected chi connectivity index (χ3v) is 6.42. The molecule has 1 amide bonds. The number of benzene rings is 3. The zero-order chi connectivity index (χ0) is 25.3. The number of ether oxygens (including phenoxy) is 1. The minimum Gasteiger partial charge on any atom is -0.448 e. The smallest absolute Gasteiger partial charge is 0.356 e. The van der Waals surface area contributed by atoms with Gasteiger partial charge in [-0.15, -0.1) is 0 Å². The number of pyridine rings is 1. The van der Waals surface area contributed by atoms with Crippen LogP contribution in [-0.4, -0.2) is 22.5 Å². The number of anilines is 1. The summed E-state index contributed by atoms with van der Waals surface area (Å²) in [5.74, 6) is -1.35. The summed E-state index contributed by atoms with van der Waals surface area (Å²) < 4.78 is 6.79. The summed E-state index contributed by atoms with van der Waals surface area (Å²) in [6.07, 6.45) is -1.15. The van der Waals surface area contributed by atoms with Crippen molar-refractivity contribution in [3.8, 4) is 11.1 Å². The third-order valence-electron chi connectivity index (χ3n) is 5.68. The molecule has 1 heterocycles. The fourth-order valence-electron chi connectivity index (χ4n) is 3.80. The van der Waals surface area contributed by atoms with Crippen molar-refractivity contribution in [2.24, 2.45) is 7.05 Å². The number of fused-ring (bicyclic) bond motifs is 1. The number of nitrogens with zero attached hydrogens (tertiary/aromatic N) is 1. The molecule has 1 N–H and O–H groups in total. The van der Waals surface area contributed by atoms with E-state index < -0.39 is 18.0 Å². The minimum atomic E-state index is -1.15. The maximum absolute atomic E-state index is 13.4. The second kappa shape index (κ2) is 9.94. The molecule has 1 atom stereocenters. The molecule has 0 aliphatic heterocycles. The van der Waals surface area contributed by atoms with Crippen LogP contribution in [0.5, 0.6) is 0 Å². The van der Waals surface area contributed by atoms with Crippen LogP contribution in [0.2, 0.25) is 10.0 Å². The van der Waals surface area contributed by atoms with Crippen LogP contribution in [-0.2, 0) is 16.6 Å². The first-order chi connectivity index (χ1) is 16.7. The van der Waals surface area contributed by atoms with Crippen LogP contribution in [0.1, 0.15) is 23.0 Å². The lowest BCUT2D eigenvalue weighted by molar-refractivity contribution is -0.123. The molecule has 1 aromatic heterocycles. The number of halogens is 2. The molecule has 0 radical (unpaired) electrons. The highest BCUT2D eigenvalue weighted by Crippen LogP contribution is 2.31. The quantitative estimate of drug-likeness (QED) is 0.335. The number of rotatable bonds is 5. The number of carbonyl (C=O) groups is 2. The monoisotopic (exact) mass is 508 g/mol. The molecule has 0 fully saturated rings. The van der Waals surface area contributed by atoms with E-state index >= 15 is 0 Å². The molecule has 8 heteroatoms. The summed E-state index contributed by atoms with van der Waals surface area (Å²) in [6.45, 7) is 3.42. The first kappa shape index (κ1) is 24.5. The lowest BCUT2D eigenvalue weighted by atomic mass is 9.96. The highest BCUT2D eigenvalue weighted by atomic mass is 35.5. The molecule has 35 heavy (non-hydrogen) atoms. The summed E-state index contributed by atoms with van der Waals surface area (Å²) in [5.41, 5.74) is 2.50. The number of hydrogen-bond acceptors (Lipinski definition) is 4. The summed E-state index contributed by atoms with van der Waals surface area (Å²) in [5, 5.41) is 4.38. The van der Waals surface area contributed by atoms with Gasteiger partial charge in [-0.05, 0) is 49.1 Å². The van der Waals surface area contributed by atoms with Crippen LogP contribution in [0.4, 0.5) is 5.69 Å². The van der Waals surface area contributed by atoms with Crippen LogP contribution in [0, 0.1) is 6.92 Å². The fourth-order valence-corrected chi connectivity index (χ4v) is 4.10. The Balaban J connectivity index is 1.72. The van der Waals surface area contributed by atoms with E-state index in [1.165, 1.54) is 24.6 Å². The first-order valence-electron chi connectivity index (χ1n) is 10.8. The third kappa shape index (κ3) is 4.94. The standard InChI is InChI=1S/C27H22Cl2N2O4/c1-15-8-10-17(11-9-15)23-19-6-4-5-7-20(19)26(33)31(3)24(23)27(34)35-16(2)25(32)30-18-12-13-21(28)22(29)14-18/h4-14,16H,1-3H3,(H,30,32). The molecule has 0 aliphatic carbocycles. The molecule has 4 aromatic rings. The predicted molar refractivity (Wildman–Crippen MR) is 139 cm³/mol. The summed E-state index contributed by atoms with van der Waals surface area (Å²) in [4.78, 5) is 39.2. The van der Waals surface area contributed by atoms with Gasteiger partial charge in [-0.25, -0.2) is 4.79 Å². The van der Waals surface area contributed by atoms with Crippen molar-refractivity contribution in [1.29, 1.82) is 0 Å². The Kier molecular flexibility index (Phi) is 6.96. The molecular formula is C27H22Cl2N2O4. The molecule has 1 unspecified atom stereocenters. The minimum absolute atomic E-state index is 0.0618. The summed E-state index contributed by atoms with van der Waals surface area (Å²) in [6, 6.07) is 19.4. The van der Waals surface area contributed by atoms with Crippen molar-refractivity contribution in [2.45, 2.75) is 20.0 Å². The maximum Gasteiger partial charge on any atom is 0.356 e. The molecular weight excluding hydrogens is 487 g/mol. The van der Waals surface area contributed by atoms with Crippen LogP contribution < -0.4 is 10.9 Å². The number of carbonyl (C=O) groups excluding carboxylic acids is 2. The van der Waals surface area contributed by atoms with Crippen LogP contribution in [0.25, 0.3) is 21.9 Å². The Morgan fingerprint density at radius 1 is 0.943 bits per heavy atom. The van der Waals surface area contributed by atoms with Gasteiger partial charge in [0.2, 0.25) is 0 Å². The lowest BCUT2D eigenvalue weighted by Gasteiger charge is -2.19. The SMILES string of the molecule is Cc1ccc(-c2c(C(=O)OC(C)C(=O)Nc3ccc(Cl)c(Cl)c3)n(C)c(=O)c3ccccc23)cc1. The molecule has 178 valence electrons. The average Bonchev–Trinajstić information content (AvgIpc) is 2.84. The Bertz CT molecular complexity index is 1510. The predicted octanol–water partition coefficient (Wildman–Crippen LogP) is 6.00. The van der Waals surface area contributed by atoms with Crippen molar-refractivity contribution in [3.05, 3.63) is 98.4 Å². The van der Waals surface area contributed by atoms with Gasteiger partial charge < -0.3 is 14.6 Å². The van der Waals surface area contributed by atoms with E-state index in [9.17, 15) is 14.4 Å². The van der Waals surface area contributed by atoms with Gasteiger partial charge in [-0.3, -0.25) is 9.59 Å². The highest BCUT2D eigenvalue weighted by Gasteiger charge is 2.26. The Labute approximate surface area is 212 Å². The fraction of sp³-hybridized carbons (Fsp3) is 0.148. The number of amides is 1. The van der Waals surface area contributed by atoms with Gasteiger partial charge in [0.25, 0.3) is 11.5 Å². The number of aromatic nitrogens is 1. The zero-order valence-electron chi connectivity index (χ0n) is 19.3. The van der Waals surface area contributed by atoms with E-state index in [2.05, 4.69) is 5.32 Å². The van der Waals surface area contributed by atoms with Crippen molar-refractivity contribution in [3.63, 3.8) is 0 Å². The van der Waals surface area contributed by atoms with Gasteiger partial charge in [0.15, 0.2) is 6.10 Å². The van der Waals surface area contributed by atoms with Crippen LogP contribution in [0.15, 0.2) is 71.5 Å². The molecule has 0 aliphatic rings. The molecule has 0 spiro atoms. The number of hydrogen-bond donors (Lipinski definition) is 1. The van der Waals surface area contributed by atoms with Gasteiger partial charge in [-0.2, -0.15) is 0 Å². The van der Waals surface area contributed by atoms with E-state index in [-0.39, 0.29) is 16.3 Å². The van der Waals surface area contributed by atoms with Crippen molar-refractivity contribution in [1.82, 2.24) is 4.57 Å². The van der Waals surface area contributed by atoms with E-state index in [0.717, 1.165) is 11.1 Å². The van der Waals surface area contributed by atoms with Crippen molar-refractivity contribution in [2.75, 3.05) is 5.32 Å². The maximum atomic E-state index is 13.4. The normalized spacial score (nSPS) is 11.8. The lowest BCUT2D eigenvalue weighted by Crippen LogP contribution is -2.32. The number of nitrogens with one attached hydrogen (secondary N) is 1. The second-order valence-electron chi connectivity index (χ2n) is 8.17. The Hall–Kier alpha value is -3.61. The molecule has 6 nitrogen and oxygen atoms in total. The van der Waals surface area contributed by atoms with E-state index in [0.29, 0.717) is 27.0 Å². The number of aryl methyl sites for hydroxylation is 1. The first-order valence-corrected chi connectivity index (χ1v) is 11.6. The molecule has 0 saturated carbocycles. The Morgan fingerprint density at radius 2 is 1.60 bits per heavy atom. The molecule has 0 saturated heterocycles. The highest BCUT2D eigenvalue weighted by molar-refractivity contribution is 6.42. The molecule has 3 aromatic carbocycles. The van der Waals surface area contributed by atoms with Crippen molar-refractivity contribution >= 4 is 51.5 Å².